The van der Waals surface area contributed by atoms with Gasteiger partial charge in [-0.3, -0.25) is 4.79 Å². The summed E-state index contributed by atoms with van der Waals surface area (Å²) in [5.74, 6) is 4.60. The fourth-order valence-electron chi connectivity index (χ4n) is 10.1. The zero-order valence-corrected chi connectivity index (χ0v) is 25.3. The van der Waals surface area contributed by atoms with Crippen LogP contribution in [0.5, 0.6) is 0 Å². The summed E-state index contributed by atoms with van der Waals surface area (Å²) in [5.41, 5.74) is 1.94. The molecule has 0 aliphatic heterocycles. The van der Waals surface area contributed by atoms with Gasteiger partial charge in [0.1, 0.15) is 6.61 Å². The Kier molecular flexibility index (Phi) is 9.95. The molecule has 5 nitrogen and oxygen atoms in total. The van der Waals surface area contributed by atoms with Crippen molar-refractivity contribution in [2.45, 2.75) is 104 Å². The van der Waals surface area contributed by atoms with Crippen molar-refractivity contribution in [3.05, 3.63) is 35.9 Å². The zero-order chi connectivity index (χ0) is 28.2. The van der Waals surface area contributed by atoms with Crippen LogP contribution in [0.1, 0.15) is 97.0 Å². The van der Waals surface area contributed by atoms with Gasteiger partial charge >= 0.3 is 5.97 Å². The molecule has 0 aromatic heterocycles. The largest absolute Gasteiger partial charge is 0.461 e. The highest BCUT2D eigenvalue weighted by Gasteiger charge is 2.60. The third kappa shape index (κ3) is 6.32. The highest BCUT2D eigenvalue weighted by atomic mass is 16.5. The van der Waals surface area contributed by atoms with Crippen LogP contribution in [0.15, 0.2) is 30.3 Å². The molecule has 4 aliphatic carbocycles. The van der Waals surface area contributed by atoms with Gasteiger partial charge < -0.3 is 19.3 Å². The number of carbonyl (C=O) groups excluding carboxylic acids is 1. The molecule has 4 aliphatic rings. The Bertz CT molecular complexity index is 950. The molecule has 1 aromatic rings. The van der Waals surface area contributed by atoms with Gasteiger partial charge in [0, 0.05) is 6.42 Å². The second-order valence-corrected chi connectivity index (χ2v) is 14.2. The summed E-state index contributed by atoms with van der Waals surface area (Å²) in [7, 11) is 0. The van der Waals surface area contributed by atoms with Crippen LogP contribution < -0.4 is 0 Å². The van der Waals surface area contributed by atoms with E-state index in [1.807, 2.05) is 30.3 Å². The lowest BCUT2D eigenvalue weighted by molar-refractivity contribution is -0.146. The molecule has 40 heavy (non-hydrogen) atoms. The van der Waals surface area contributed by atoms with Crippen molar-refractivity contribution in [2.75, 3.05) is 26.4 Å². The van der Waals surface area contributed by atoms with Gasteiger partial charge in [0.25, 0.3) is 0 Å². The van der Waals surface area contributed by atoms with Crippen LogP contribution in [-0.4, -0.2) is 43.6 Å². The van der Waals surface area contributed by atoms with E-state index in [-0.39, 0.29) is 12.6 Å². The Balaban J connectivity index is 1.12. The smallest absolute Gasteiger partial charge is 0.306 e. The number of hydrogen-bond donors (Lipinski definition) is 1. The third-order valence-electron chi connectivity index (χ3n) is 12.2. The lowest BCUT2D eigenvalue weighted by Gasteiger charge is -2.61. The minimum atomic E-state index is -0.0531. The molecular formula is C35H54O5. The number of carbonyl (C=O) groups is 1. The average molecular weight is 555 g/mol. The third-order valence-corrected chi connectivity index (χ3v) is 12.2. The molecule has 0 bridgehead atoms. The van der Waals surface area contributed by atoms with Crippen LogP contribution >= 0.6 is 0 Å². The molecule has 0 spiro atoms. The molecule has 0 heterocycles. The minimum Gasteiger partial charge on any atom is -0.461 e. The van der Waals surface area contributed by atoms with Crippen LogP contribution in [0.4, 0.5) is 0 Å². The van der Waals surface area contributed by atoms with E-state index in [9.17, 15) is 4.79 Å². The Labute approximate surface area is 242 Å². The van der Waals surface area contributed by atoms with Crippen molar-refractivity contribution in [3.63, 3.8) is 0 Å². The lowest BCUT2D eigenvalue weighted by atomic mass is 9.44. The number of aliphatic hydroxyl groups excluding tert-OH is 1. The minimum absolute atomic E-state index is 0.0531. The summed E-state index contributed by atoms with van der Waals surface area (Å²) in [6.07, 6.45) is 13.7. The molecule has 224 valence electrons. The molecule has 1 aromatic carbocycles. The predicted molar refractivity (Wildman–Crippen MR) is 157 cm³/mol. The fraction of sp³-hybridized carbons (Fsp3) is 0.800. The van der Waals surface area contributed by atoms with Gasteiger partial charge in [-0.15, -0.1) is 0 Å². The number of aliphatic hydroxyl groups is 1. The van der Waals surface area contributed by atoms with Crippen LogP contribution in [-0.2, 0) is 25.6 Å². The molecular weight excluding hydrogens is 500 g/mol. The maximum absolute atomic E-state index is 12.5. The van der Waals surface area contributed by atoms with Gasteiger partial charge in [-0.25, -0.2) is 0 Å². The Morgan fingerprint density at radius 2 is 1.73 bits per heavy atom. The highest BCUT2D eigenvalue weighted by molar-refractivity contribution is 5.69. The summed E-state index contributed by atoms with van der Waals surface area (Å²) in [6.45, 7) is 9.74. The Hall–Kier alpha value is -1.43. The monoisotopic (exact) mass is 554 g/mol. The molecule has 1 N–H and O–H groups in total. The van der Waals surface area contributed by atoms with E-state index in [1.54, 1.807) is 0 Å². The summed E-state index contributed by atoms with van der Waals surface area (Å²) in [5, 5.41) is 8.89. The maximum atomic E-state index is 12.5. The molecule has 3 unspecified atom stereocenters. The molecule has 5 heteroatoms. The Morgan fingerprint density at radius 3 is 2.52 bits per heavy atom. The van der Waals surface area contributed by atoms with Crippen molar-refractivity contribution in [3.8, 4) is 0 Å². The fourth-order valence-corrected chi connectivity index (χ4v) is 10.1. The topological polar surface area (TPSA) is 65.0 Å². The van der Waals surface area contributed by atoms with Gasteiger partial charge in [-0.05, 0) is 116 Å². The van der Waals surface area contributed by atoms with E-state index in [4.69, 9.17) is 19.3 Å². The van der Waals surface area contributed by atoms with Crippen molar-refractivity contribution in [2.24, 2.45) is 46.3 Å². The SMILES string of the molecule is C[C@H](CCC(=O)OCc1ccccc1)[C@H]1CC[C@H]2C3CCC4C[C@@H](OCCOCCO)CCC4(C)[C@H]3CC[C@]12C. The number of esters is 1. The van der Waals surface area contributed by atoms with Gasteiger partial charge in [0.15, 0.2) is 0 Å². The van der Waals surface area contributed by atoms with Gasteiger partial charge in [0.05, 0.1) is 32.5 Å². The molecule has 0 radical (unpaired) electrons. The first-order valence-electron chi connectivity index (χ1n) is 16.3. The molecule has 4 fully saturated rings. The number of rotatable bonds is 12. The van der Waals surface area contributed by atoms with E-state index in [0.29, 0.717) is 55.7 Å². The van der Waals surface area contributed by atoms with Crippen LogP contribution in [0.2, 0.25) is 0 Å². The van der Waals surface area contributed by atoms with E-state index < -0.39 is 0 Å². The second kappa shape index (κ2) is 13.3. The summed E-state index contributed by atoms with van der Waals surface area (Å²) >= 11 is 0. The number of ether oxygens (including phenoxy) is 3. The van der Waals surface area contributed by atoms with Gasteiger partial charge in [-0.2, -0.15) is 0 Å². The average Bonchev–Trinajstić information content (AvgIpc) is 3.32. The van der Waals surface area contributed by atoms with Crippen LogP contribution in [0, 0.1) is 46.3 Å². The zero-order valence-electron chi connectivity index (χ0n) is 25.3. The number of fused-ring (bicyclic) bond motifs is 5. The van der Waals surface area contributed by atoms with E-state index in [0.717, 1.165) is 41.6 Å². The van der Waals surface area contributed by atoms with E-state index in [2.05, 4.69) is 20.8 Å². The molecule has 0 amide bonds. The standard InChI is InChI=1S/C35H54O5/c1-25(9-14-33(37)40-24-26-7-5-4-6-8-26)30-12-13-31-29-11-10-27-23-28(39-22-21-38-20-19-36)15-17-34(27,2)32(29)16-18-35(30,31)3/h4-8,25,27-32,36H,9-24H2,1-3H3/t25-,27?,28+,29?,30-,31+,32+,34?,35-/m1/s1. The first-order chi connectivity index (χ1) is 19.3. The normalized spacial score (nSPS) is 37.7. The van der Waals surface area contributed by atoms with Crippen LogP contribution in [0.25, 0.3) is 0 Å². The maximum Gasteiger partial charge on any atom is 0.306 e. The number of hydrogen-bond acceptors (Lipinski definition) is 5. The van der Waals surface area contributed by atoms with Crippen molar-refractivity contribution in [1.82, 2.24) is 0 Å². The predicted octanol–water partition coefficient (Wildman–Crippen LogP) is 7.20. The first-order valence-corrected chi connectivity index (χ1v) is 16.3. The molecule has 4 saturated carbocycles. The van der Waals surface area contributed by atoms with Gasteiger partial charge in [0.2, 0.25) is 0 Å². The highest BCUT2D eigenvalue weighted by Crippen LogP contribution is 2.68. The molecule has 0 saturated heterocycles. The molecule has 9 atom stereocenters. The molecule has 5 rings (SSSR count). The van der Waals surface area contributed by atoms with Gasteiger partial charge in [-0.1, -0.05) is 51.1 Å². The summed E-state index contributed by atoms with van der Waals surface area (Å²) in [6, 6.07) is 9.99. The van der Waals surface area contributed by atoms with Crippen LogP contribution in [0.3, 0.4) is 0 Å². The quantitative estimate of drug-likeness (QED) is 0.219. The summed E-state index contributed by atoms with van der Waals surface area (Å²) in [4.78, 5) is 12.5. The Morgan fingerprint density at radius 1 is 0.950 bits per heavy atom. The van der Waals surface area contributed by atoms with E-state index in [1.165, 1.54) is 57.8 Å². The second-order valence-electron chi connectivity index (χ2n) is 14.2. The summed E-state index contributed by atoms with van der Waals surface area (Å²) < 4.78 is 17.2. The van der Waals surface area contributed by atoms with Crippen molar-refractivity contribution >= 4 is 5.97 Å². The van der Waals surface area contributed by atoms with Crippen molar-refractivity contribution in [1.29, 1.82) is 0 Å². The lowest BCUT2D eigenvalue weighted by Crippen LogP contribution is -2.54. The van der Waals surface area contributed by atoms with Crippen molar-refractivity contribution < 1.29 is 24.1 Å². The number of benzene rings is 1. The van der Waals surface area contributed by atoms with E-state index >= 15 is 0 Å². The first kappa shape index (κ1) is 30.0.